The molecule has 0 aliphatic rings. The van der Waals surface area contributed by atoms with Crippen LogP contribution in [0.4, 0.5) is 0 Å². The molecular weight excluding hydrogens is 234 g/mol. The summed E-state index contributed by atoms with van der Waals surface area (Å²) >= 11 is 0. The lowest BCUT2D eigenvalue weighted by molar-refractivity contribution is -0.140. The van der Waals surface area contributed by atoms with Gasteiger partial charge in [-0.15, -0.1) is 0 Å². The monoisotopic (exact) mass is 249 g/mol. The van der Waals surface area contributed by atoms with E-state index in [4.69, 9.17) is 5.73 Å². The van der Waals surface area contributed by atoms with Gasteiger partial charge in [0, 0.05) is 19.9 Å². The zero-order valence-electron chi connectivity index (χ0n) is 10.4. The quantitative estimate of drug-likeness (QED) is 0.469. The van der Waals surface area contributed by atoms with Crippen LogP contribution < -0.4 is 5.73 Å². The number of carbonyl (C=O) groups excluding carboxylic acids is 2. The highest BCUT2D eigenvalue weighted by Gasteiger charge is 2.10. The van der Waals surface area contributed by atoms with Crippen LogP contribution in [-0.2, 0) is 16.6 Å². The van der Waals surface area contributed by atoms with E-state index >= 15 is 0 Å². The Balaban J connectivity index is 2.60. The molecule has 0 aliphatic heterocycles. The molecule has 96 valence electrons. The van der Waals surface area contributed by atoms with E-state index < -0.39 is 5.91 Å². The molecule has 6 heteroatoms. The first kappa shape index (κ1) is 13.8. The van der Waals surface area contributed by atoms with Crippen LogP contribution in [0.3, 0.4) is 0 Å². The second kappa shape index (κ2) is 6.45. The van der Waals surface area contributed by atoms with Crippen molar-refractivity contribution in [2.75, 3.05) is 7.11 Å². The van der Waals surface area contributed by atoms with Gasteiger partial charge in [-0.05, 0) is 12.3 Å². The molecule has 0 atom stereocenters. The average molecular weight is 249 g/mol. The number of nitrogens with zero attached hydrogens (tertiary/aromatic N) is 2. The van der Waals surface area contributed by atoms with Gasteiger partial charge in [-0.2, -0.15) is 5.10 Å². The third-order valence-electron chi connectivity index (χ3n) is 2.32. The van der Waals surface area contributed by atoms with E-state index in [0.717, 1.165) is 0 Å². The van der Waals surface area contributed by atoms with Gasteiger partial charge in [0.15, 0.2) is 0 Å². The lowest BCUT2D eigenvalue weighted by atomic mass is 10.2. The minimum atomic E-state index is -0.554. The van der Waals surface area contributed by atoms with E-state index in [1.165, 1.54) is 18.0 Å². The van der Waals surface area contributed by atoms with Gasteiger partial charge in [-0.25, -0.2) is 0 Å². The highest BCUT2D eigenvalue weighted by Crippen LogP contribution is 2.05. The van der Waals surface area contributed by atoms with Crippen LogP contribution in [0.1, 0.15) is 35.3 Å². The third kappa shape index (κ3) is 3.63. The molecule has 0 aromatic carbocycles. The van der Waals surface area contributed by atoms with Gasteiger partial charge in [-0.1, -0.05) is 5.92 Å². The minimum absolute atomic E-state index is 0.254. The van der Waals surface area contributed by atoms with E-state index in [1.54, 1.807) is 7.05 Å². The first-order valence-corrected chi connectivity index (χ1v) is 5.43. The Morgan fingerprint density at radius 3 is 2.89 bits per heavy atom. The summed E-state index contributed by atoms with van der Waals surface area (Å²) in [5.41, 5.74) is 5.99. The van der Waals surface area contributed by atoms with Crippen molar-refractivity contribution >= 4 is 11.9 Å². The maximum atomic E-state index is 11.1. The zero-order valence-corrected chi connectivity index (χ0v) is 10.4. The molecule has 6 nitrogen and oxygen atoms in total. The number of aryl methyl sites for hydroxylation is 1. The number of methoxy groups -OCH3 is 1. The molecule has 0 aliphatic carbocycles. The van der Waals surface area contributed by atoms with Crippen molar-refractivity contribution in [3.63, 3.8) is 0 Å². The van der Waals surface area contributed by atoms with Gasteiger partial charge in [0.25, 0.3) is 5.91 Å². The highest BCUT2D eigenvalue weighted by atomic mass is 16.5. The largest absolute Gasteiger partial charge is 0.469 e. The maximum absolute atomic E-state index is 11.1. The van der Waals surface area contributed by atoms with Crippen LogP contribution in [0, 0.1) is 11.8 Å². The van der Waals surface area contributed by atoms with Crippen LogP contribution in [-0.4, -0.2) is 28.8 Å². The van der Waals surface area contributed by atoms with Crippen molar-refractivity contribution in [2.24, 2.45) is 12.8 Å². The Hall–Kier alpha value is -2.29. The summed E-state index contributed by atoms with van der Waals surface area (Å²) < 4.78 is 6.00. The Morgan fingerprint density at radius 1 is 1.56 bits per heavy atom. The van der Waals surface area contributed by atoms with Gasteiger partial charge < -0.3 is 10.5 Å². The summed E-state index contributed by atoms with van der Waals surface area (Å²) in [5, 5.41) is 3.92. The molecule has 0 saturated carbocycles. The molecule has 0 bridgehead atoms. The summed E-state index contributed by atoms with van der Waals surface area (Å²) in [4.78, 5) is 21.9. The van der Waals surface area contributed by atoms with Crippen LogP contribution >= 0.6 is 0 Å². The summed E-state index contributed by atoms with van der Waals surface area (Å²) in [5.74, 6) is 4.90. The smallest absolute Gasteiger partial charge is 0.305 e. The number of primary amides is 1. The Bertz CT molecular complexity index is 508. The fourth-order valence-corrected chi connectivity index (χ4v) is 1.34. The number of nitrogens with two attached hydrogens (primary N) is 1. The molecule has 0 saturated heterocycles. The molecule has 1 amide bonds. The number of hydrogen-bond acceptors (Lipinski definition) is 4. The molecule has 0 radical (unpaired) electrons. The molecule has 1 rings (SSSR count). The predicted molar refractivity (Wildman–Crippen MR) is 64.5 cm³/mol. The van der Waals surface area contributed by atoms with Crippen LogP contribution in [0.25, 0.3) is 0 Å². The number of ether oxygens (including phenoxy) is 1. The van der Waals surface area contributed by atoms with E-state index in [0.29, 0.717) is 30.5 Å². The molecule has 1 aromatic heterocycles. The molecule has 18 heavy (non-hydrogen) atoms. The van der Waals surface area contributed by atoms with E-state index in [1.807, 2.05) is 0 Å². The SMILES string of the molecule is COC(=O)CCCC#Cc1c(C(N)=O)cnn1C. The van der Waals surface area contributed by atoms with Crippen molar-refractivity contribution in [3.8, 4) is 11.8 Å². The van der Waals surface area contributed by atoms with Gasteiger partial charge in [-0.3, -0.25) is 14.3 Å². The van der Waals surface area contributed by atoms with Crippen molar-refractivity contribution in [3.05, 3.63) is 17.5 Å². The molecule has 0 fully saturated rings. The van der Waals surface area contributed by atoms with E-state index in [9.17, 15) is 9.59 Å². The third-order valence-corrected chi connectivity index (χ3v) is 2.32. The van der Waals surface area contributed by atoms with Crippen LogP contribution in [0.15, 0.2) is 6.20 Å². The fraction of sp³-hybridized carbons (Fsp3) is 0.417. The lowest BCUT2D eigenvalue weighted by Gasteiger charge is -1.95. The van der Waals surface area contributed by atoms with Gasteiger partial charge >= 0.3 is 5.97 Å². The van der Waals surface area contributed by atoms with Crippen molar-refractivity contribution in [1.29, 1.82) is 0 Å². The average Bonchev–Trinajstić information content (AvgIpc) is 2.70. The van der Waals surface area contributed by atoms with Gasteiger partial charge in [0.1, 0.15) is 5.69 Å². The molecule has 1 aromatic rings. The number of rotatable bonds is 4. The van der Waals surface area contributed by atoms with Crippen molar-refractivity contribution in [1.82, 2.24) is 9.78 Å². The molecule has 1 heterocycles. The van der Waals surface area contributed by atoms with Crippen molar-refractivity contribution in [2.45, 2.75) is 19.3 Å². The number of hydrogen-bond donors (Lipinski definition) is 1. The Kier molecular flexibility index (Phi) is 4.93. The van der Waals surface area contributed by atoms with Crippen LogP contribution in [0.2, 0.25) is 0 Å². The fourth-order valence-electron chi connectivity index (χ4n) is 1.34. The summed E-state index contributed by atoms with van der Waals surface area (Å²) in [6, 6.07) is 0. The number of carbonyl (C=O) groups is 2. The molecule has 0 spiro atoms. The van der Waals surface area contributed by atoms with E-state index in [-0.39, 0.29) is 5.97 Å². The van der Waals surface area contributed by atoms with E-state index in [2.05, 4.69) is 21.7 Å². The second-order valence-corrected chi connectivity index (χ2v) is 3.63. The van der Waals surface area contributed by atoms with Crippen LogP contribution in [0.5, 0.6) is 0 Å². The summed E-state index contributed by atoms with van der Waals surface area (Å²) in [6.07, 6.45) is 2.88. The Labute approximate surface area is 105 Å². The number of amides is 1. The standard InChI is InChI=1S/C12H15N3O3/c1-15-10(9(8-14-15)12(13)17)6-4-3-5-7-11(16)18-2/h8H,3,5,7H2,1-2H3,(H2,13,17). The first-order chi connectivity index (χ1) is 8.56. The number of esters is 1. The topological polar surface area (TPSA) is 87.2 Å². The normalized spacial score (nSPS) is 9.44. The number of unbranched alkanes of at least 4 members (excludes halogenated alkanes) is 1. The molecule has 2 N–H and O–H groups in total. The molecule has 0 unspecified atom stereocenters. The van der Waals surface area contributed by atoms with Gasteiger partial charge in [0.05, 0.1) is 18.9 Å². The number of aromatic nitrogens is 2. The highest BCUT2D eigenvalue weighted by molar-refractivity contribution is 5.94. The minimum Gasteiger partial charge on any atom is -0.469 e. The maximum Gasteiger partial charge on any atom is 0.305 e. The second-order valence-electron chi connectivity index (χ2n) is 3.63. The lowest BCUT2D eigenvalue weighted by Crippen LogP contribution is -2.12. The zero-order chi connectivity index (χ0) is 13.5. The summed E-state index contributed by atoms with van der Waals surface area (Å²) in [7, 11) is 3.04. The first-order valence-electron chi connectivity index (χ1n) is 5.43. The predicted octanol–water partition coefficient (Wildman–Crippen LogP) is 0.214. The van der Waals surface area contributed by atoms with Crippen molar-refractivity contribution < 1.29 is 14.3 Å². The molecular formula is C12H15N3O3. The summed E-state index contributed by atoms with van der Waals surface area (Å²) in [6.45, 7) is 0. The van der Waals surface area contributed by atoms with Gasteiger partial charge in [0.2, 0.25) is 0 Å². The Morgan fingerprint density at radius 2 is 2.28 bits per heavy atom.